The van der Waals surface area contributed by atoms with Crippen LogP contribution in [0.15, 0.2) is 24.3 Å². The molecule has 0 N–H and O–H groups in total. The Hall–Kier alpha value is -1.13. The van der Waals surface area contributed by atoms with Crippen molar-refractivity contribution < 1.29 is 13.9 Å². The van der Waals surface area contributed by atoms with E-state index in [1.807, 2.05) is 0 Å². The summed E-state index contributed by atoms with van der Waals surface area (Å²) in [4.78, 5) is 2.34. The van der Waals surface area contributed by atoms with Crippen molar-refractivity contribution in [3.63, 3.8) is 0 Å². The van der Waals surface area contributed by atoms with Gasteiger partial charge in [-0.15, -0.1) is 0 Å². The van der Waals surface area contributed by atoms with Crippen molar-refractivity contribution in [2.24, 2.45) is 0 Å². The second-order valence-corrected chi connectivity index (χ2v) is 4.82. The average Bonchev–Trinajstić information content (AvgIpc) is 2.30. The molecule has 1 aliphatic rings. The van der Waals surface area contributed by atoms with Crippen molar-refractivity contribution in [3.8, 4) is 5.75 Å². The standard InChI is InChI=1S/C14H20FNO2/c1-11-9-16(10-12(2)18-11)7-8-17-14-5-3-13(15)4-6-14/h3-6,11-12H,7-10H2,1-2H3/t11-,12-/m0/s1. The van der Waals surface area contributed by atoms with Gasteiger partial charge in [-0.1, -0.05) is 0 Å². The van der Waals surface area contributed by atoms with E-state index in [0.29, 0.717) is 12.4 Å². The van der Waals surface area contributed by atoms with Crippen molar-refractivity contribution in [2.45, 2.75) is 26.1 Å². The highest BCUT2D eigenvalue weighted by Gasteiger charge is 2.21. The van der Waals surface area contributed by atoms with Gasteiger partial charge in [0.2, 0.25) is 0 Å². The van der Waals surface area contributed by atoms with Gasteiger partial charge in [-0.3, -0.25) is 4.90 Å². The van der Waals surface area contributed by atoms with Crippen LogP contribution in [0.3, 0.4) is 0 Å². The molecular formula is C14H20FNO2. The van der Waals surface area contributed by atoms with Crippen molar-refractivity contribution in [3.05, 3.63) is 30.1 Å². The summed E-state index contributed by atoms with van der Waals surface area (Å²) in [5.74, 6) is 0.476. The second kappa shape index (κ2) is 6.16. The first-order valence-corrected chi connectivity index (χ1v) is 6.39. The van der Waals surface area contributed by atoms with Gasteiger partial charge in [-0.25, -0.2) is 4.39 Å². The lowest BCUT2D eigenvalue weighted by Crippen LogP contribution is -2.46. The Bertz CT molecular complexity index is 359. The topological polar surface area (TPSA) is 21.7 Å². The van der Waals surface area contributed by atoms with Crippen LogP contribution in [0.5, 0.6) is 5.75 Å². The maximum Gasteiger partial charge on any atom is 0.123 e. The Morgan fingerprint density at radius 2 is 1.83 bits per heavy atom. The monoisotopic (exact) mass is 253 g/mol. The van der Waals surface area contributed by atoms with Crippen LogP contribution in [0.4, 0.5) is 4.39 Å². The van der Waals surface area contributed by atoms with Gasteiger partial charge in [0.25, 0.3) is 0 Å². The normalized spacial score (nSPS) is 25.1. The number of benzene rings is 1. The Morgan fingerprint density at radius 1 is 1.22 bits per heavy atom. The molecule has 1 aliphatic heterocycles. The molecule has 0 bridgehead atoms. The van der Waals surface area contributed by atoms with Gasteiger partial charge >= 0.3 is 0 Å². The number of nitrogens with zero attached hydrogens (tertiary/aromatic N) is 1. The zero-order valence-electron chi connectivity index (χ0n) is 10.9. The van der Waals surface area contributed by atoms with Crippen LogP contribution in [0.25, 0.3) is 0 Å². The summed E-state index contributed by atoms with van der Waals surface area (Å²) < 4.78 is 24.0. The van der Waals surface area contributed by atoms with E-state index in [4.69, 9.17) is 9.47 Å². The summed E-state index contributed by atoms with van der Waals surface area (Å²) >= 11 is 0. The molecule has 0 spiro atoms. The first kappa shape index (κ1) is 13.3. The van der Waals surface area contributed by atoms with Gasteiger partial charge in [0, 0.05) is 19.6 Å². The average molecular weight is 253 g/mol. The van der Waals surface area contributed by atoms with E-state index in [1.54, 1.807) is 12.1 Å². The smallest absolute Gasteiger partial charge is 0.123 e. The van der Waals surface area contributed by atoms with Crippen LogP contribution >= 0.6 is 0 Å². The highest BCUT2D eigenvalue weighted by atomic mass is 19.1. The molecule has 4 heteroatoms. The van der Waals surface area contributed by atoms with Crippen molar-refractivity contribution >= 4 is 0 Å². The molecule has 0 aliphatic carbocycles. The summed E-state index contributed by atoms with van der Waals surface area (Å²) in [6.07, 6.45) is 0.555. The highest BCUT2D eigenvalue weighted by molar-refractivity contribution is 5.21. The number of morpholine rings is 1. The number of halogens is 1. The number of hydrogen-bond acceptors (Lipinski definition) is 3. The molecule has 1 aromatic rings. The van der Waals surface area contributed by atoms with Crippen LogP contribution in [0, 0.1) is 5.82 Å². The minimum atomic E-state index is -0.238. The summed E-state index contributed by atoms with van der Waals surface area (Å²) in [6.45, 7) is 7.54. The molecule has 3 nitrogen and oxygen atoms in total. The molecule has 0 unspecified atom stereocenters. The van der Waals surface area contributed by atoms with Gasteiger partial charge < -0.3 is 9.47 Å². The summed E-state index contributed by atoms with van der Waals surface area (Å²) in [5.41, 5.74) is 0. The molecule has 1 fully saturated rings. The van der Waals surface area contributed by atoms with E-state index in [2.05, 4.69) is 18.7 Å². The Balaban J connectivity index is 1.73. The van der Waals surface area contributed by atoms with E-state index >= 15 is 0 Å². The molecule has 0 amide bonds. The van der Waals surface area contributed by atoms with Crippen LogP contribution in [0.1, 0.15) is 13.8 Å². The third-order valence-corrected chi connectivity index (χ3v) is 2.99. The zero-order chi connectivity index (χ0) is 13.0. The second-order valence-electron chi connectivity index (χ2n) is 4.82. The number of rotatable bonds is 4. The molecule has 1 heterocycles. The fraction of sp³-hybridized carbons (Fsp3) is 0.571. The quantitative estimate of drug-likeness (QED) is 0.822. The van der Waals surface area contributed by atoms with Gasteiger partial charge in [-0.2, -0.15) is 0 Å². The Labute approximate surface area is 107 Å². The molecule has 2 rings (SSSR count). The van der Waals surface area contributed by atoms with Crippen molar-refractivity contribution in [1.82, 2.24) is 4.90 Å². The maximum atomic E-state index is 12.7. The molecule has 1 aromatic carbocycles. The molecule has 18 heavy (non-hydrogen) atoms. The minimum absolute atomic E-state index is 0.238. The largest absolute Gasteiger partial charge is 0.492 e. The van der Waals surface area contributed by atoms with E-state index in [0.717, 1.165) is 19.6 Å². The van der Waals surface area contributed by atoms with Crippen molar-refractivity contribution in [2.75, 3.05) is 26.2 Å². The first-order valence-electron chi connectivity index (χ1n) is 6.39. The van der Waals surface area contributed by atoms with Crippen LogP contribution in [-0.4, -0.2) is 43.3 Å². The molecule has 0 saturated carbocycles. The van der Waals surface area contributed by atoms with Crippen LogP contribution < -0.4 is 4.74 Å². The number of hydrogen-bond donors (Lipinski definition) is 0. The van der Waals surface area contributed by atoms with E-state index < -0.39 is 0 Å². The van der Waals surface area contributed by atoms with Crippen molar-refractivity contribution in [1.29, 1.82) is 0 Å². The fourth-order valence-corrected chi connectivity index (χ4v) is 2.29. The lowest BCUT2D eigenvalue weighted by molar-refractivity contribution is -0.0699. The first-order chi connectivity index (χ1) is 8.63. The fourth-order valence-electron chi connectivity index (χ4n) is 2.29. The Morgan fingerprint density at radius 3 is 2.44 bits per heavy atom. The van der Waals surface area contributed by atoms with Crippen LogP contribution in [0.2, 0.25) is 0 Å². The molecule has 0 aromatic heterocycles. The third-order valence-electron chi connectivity index (χ3n) is 2.99. The van der Waals surface area contributed by atoms with Gasteiger partial charge in [0.1, 0.15) is 18.2 Å². The predicted octanol–water partition coefficient (Wildman–Crippen LogP) is 2.31. The lowest BCUT2D eigenvalue weighted by atomic mass is 10.2. The summed E-state index contributed by atoms with van der Waals surface area (Å²) in [6, 6.07) is 6.13. The molecular weight excluding hydrogens is 233 g/mol. The van der Waals surface area contributed by atoms with Gasteiger partial charge in [0.05, 0.1) is 12.2 Å². The molecule has 0 radical (unpaired) electrons. The highest BCUT2D eigenvalue weighted by Crippen LogP contribution is 2.12. The number of ether oxygens (including phenoxy) is 2. The zero-order valence-corrected chi connectivity index (χ0v) is 10.9. The van der Waals surface area contributed by atoms with E-state index in [1.165, 1.54) is 12.1 Å². The third kappa shape index (κ3) is 3.96. The van der Waals surface area contributed by atoms with Gasteiger partial charge in [-0.05, 0) is 38.1 Å². The molecule has 1 saturated heterocycles. The van der Waals surface area contributed by atoms with E-state index in [-0.39, 0.29) is 18.0 Å². The van der Waals surface area contributed by atoms with Crippen LogP contribution in [-0.2, 0) is 4.74 Å². The summed E-state index contributed by atoms with van der Waals surface area (Å²) in [5, 5.41) is 0. The Kier molecular flexibility index (Phi) is 4.55. The molecule has 2 atom stereocenters. The predicted molar refractivity (Wildman–Crippen MR) is 68.3 cm³/mol. The molecule has 100 valence electrons. The minimum Gasteiger partial charge on any atom is -0.492 e. The SMILES string of the molecule is C[C@H]1CN(CCOc2ccc(F)cc2)C[C@H](C)O1. The maximum absolute atomic E-state index is 12.7. The van der Waals surface area contributed by atoms with E-state index in [9.17, 15) is 4.39 Å². The lowest BCUT2D eigenvalue weighted by Gasteiger charge is -2.35. The van der Waals surface area contributed by atoms with Gasteiger partial charge in [0.15, 0.2) is 0 Å². The summed E-state index contributed by atoms with van der Waals surface area (Å²) in [7, 11) is 0.